The molecule has 1 saturated heterocycles. The molecule has 1 heterocycles. The normalized spacial score (nSPS) is 16.9. The van der Waals surface area contributed by atoms with E-state index in [0.717, 1.165) is 4.47 Å². The first-order valence-electron chi connectivity index (χ1n) is 4.52. The average molecular weight is 275 g/mol. The maximum atomic E-state index is 9.62. The van der Waals surface area contributed by atoms with Crippen LogP contribution in [0.4, 0.5) is 0 Å². The lowest BCUT2D eigenvalue weighted by Crippen LogP contribution is -2.02. The molecule has 2 rings (SSSR count). The van der Waals surface area contributed by atoms with Crippen molar-refractivity contribution < 1.29 is 19.3 Å². The zero-order chi connectivity index (χ0) is 10.8. The van der Waals surface area contributed by atoms with Crippen LogP contribution in [-0.2, 0) is 9.47 Å². The number of halogens is 1. The zero-order valence-corrected chi connectivity index (χ0v) is 9.78. The van der Waals surface area contributed by atoms with Gasteiger partial charge in [0.2, 0.25) is 0 Å². The summed E-state index contributed by atoms with van der Waals surface area (Å²) < 4.78 is 16.7. The second-order valence-electron chi connectivity index (χ2n) is 3.09. The van der Waals surface area contributed by atoms with E-state index in [0.29, 0.717) is 24.5 Å². The molecular weight excluding hydrogens is 264 g/mol. The minimum absolute atomic E-state index is 0.0785. The molecule has 1 aliphatic heterocycles. The number of rotatable bonds is 2. The molecule has 1 aromatic rings. The SMILES string of the molecule is COc1c(O)ccc(Br)c1C1OCCO1. The third-order valence-corrected chi connectivity index (χ3v) is 2.88. The zero-order valence-electron chi connectivity index (χ0n) is 8.20. The third kappa shape index (κ3) is 1.95. The van der Waals surface area contributed by atoms with Crippen LogP contribution in [0.25, 0.3) is 0 Å². The molecule has 0 aromatic heterocycles. The molecule has 0 amide bonds. The largest absolute Gasteiger partial charge is 0.504 e. The maximum Gasteiger partial charge on any atom is 0.188 e. The number of methoxy groups -OCH3 is 1. The molecule has 0 atom stereocenters. The van der Waals surface area contributed by atoms with Crippen molar-refractivity contribution in [1.82, 2.24) is 0 Å². The summed E-state index contributed by atoms with van der Waals surface area (Å²) in [5.41, 5.74) is 0.690. The second kappa shape index (κ2) is 4.38. The van der Waals surface area contributed by atoms with Gasteiger partial charge in [0.25, 0.3) is 0 Å². The molecule has 1 fully saturated rings. The van der Waals surface area contributed by atoms with Gasteiger partial charge < -0.3 is 19.3 Å². The highest BCUT2D eigenvalue weighted by molar-refractivity contribution is 9.10. The number of benzene rings is 1. The number of phenols is 1. The molecular formula is C10H11BrO4. The molecule has 0 saturated carbocycles. The molecule has 82 valence electrons. The van der Waals surface area contributed by atoms with E-state index >= 15 is 0 Å². The molecule has 0 aliphatic carbocycles. The summed E-state index contributed by atoms with van der Waals surface area (Å²) in [6, 6.07) is 3.29. The van der Waals surface area contributed by atoms with Gasteiger partial charge in [0.15, 0.2) is 17.8 Å². The fourth-order valence-electron chi connectivity index (χ4n) is 1.52. The highest BCUT2D eigenvalue weighted by Gasteiger charge is 2.26. The van der Waals surface area contributed by atoms with E-state index in [-0.39, 0.29) is 5.75 Å². The van der Waals surface area contributed by atoms with Crippen LogP contribution in [0.15, 0.2) is 16.6 Å². The number of ether oxygens (including phenoxy) is 3. The molecule has 0 bridgehead atoms. The molecule has 1 aromatic carbocycles. The number of aromatic hydroxyl groups is 1. The van der Waals surface area contributed by atoms with Crippen molar-refractivity contribution >= 4 is 15.9 Å². The Kier molecular flexibility index (Phi) is 3.14. The van der Waals surface area contributed by atoms with Crippen LogP contribution < -0.4 is 4.74 Å². The van der Waals surface area contributed by atoms with Crippen LogP contribution in [0.1, 0.15) is 11.9 Å². The molecule has 15 heavy (non-hydrogen) atoms. The van der Waals surface area contributed by atoms with E-state index in [9.17, 15) is 5.11 Å². The van der Waals surface area contributed by atoms with Crippen LogP contribution in [0.3, 0.4) is 0 Å². The van der Waals surface area contributed by atoms with E-state index in [4.69, 9.17) is 14.2 Å². The van der Waals surface area contributed by atoms with Crippen molar-refractivity contribution in [2.24, 2.45) is 0 Å². The molecule has 1 N–H and O–H groups in total. The van der Waals surface area contributed by atoms with E-state index in [1.807, 2.05) is 0 Å². The van der Waals surface area contributed by atoms with E-state index in [1.54, 1.807) is 12.1 Å². The first-order valence-corrected chi connectivity index (χ1v) is 5.32. The average Bonchev–Trinajstić information content (AvgIpc) is 2.74. The van der Waals surface area contributed by atoms with Crippen LogP contribution in [0.2, 0.25) is 0 Å². The van der Waals surface area contributed by atoms with Gasteiger partial charge in [-0.15, -0.1) is 0 Å². The first kappa shape index (κ1) is 10.7. The minimum Gasteiger partial charge on any atom is -0.504 e. The Hall–Kier alpha value is -0.780. The monoisotopic (exact) mass is 274 g/mol. The quantitative estimate of drug-likeness (QED) is 0.899. The fourth-order valence-corrected chi connectivity index (χ4v) is 2.02. The fraction of sp³-hybridized carbons (Fsp3) is 0.400. The Balaban J connectivity index is 2.46. The van der Waals surface area contributed by atoms with Crippen molar-refractivity contribution in [1.29, 1.82) is 0 Å². The topological polar surface area (TPSA) is 47.9 Å². The Morgan fingerprint density at radius 2 is 2.07 bits per heavy atom. The number of hydrogen-bond acceptors (Lipinski definition) is 4. The summed E-state index contributed by atoms with van der Waals surface area (Å²) in [5.74, 6) is 0.464. The Bertz CT molecular complexity index is 361. The Morgan fingerprint density at radius 3 is 2.67 bits per heavy atom. The number of phenolic OH excluding ortho intramolecular Hbond substituents is 1. The Morgan fingerprint density at radius 1 is 1.40 bits per heavy atom. The highest BCUT2D eigenvalue weighted by Crippen LogP contribution is 2.41. The maximum absolute atomic E-state index is 9.62. The van der Waals surface area contributed by atoms with Gasteiger partial charge in [-0.05, 0) is 12.1 Å². The Labute approximate surface area is 95.9 Å². The van der Waals surface area contributed by atoms with Crippen LogP contribution in [0.5, 0.6) is 11.5 Å². The third-order valence-electron chi connectivity index (χ3n) is 2.18. The summed E-state index contributed by atoms with van der Waals surface area (Å²) >= 11 is 3.38. The minimum atomic E-state index is -0.471. The van der Waals surface area contributed by atoms with Gasteiger partial charge in [0, 0.05) is 4.47 Å². The van der Waals surface area contributed by atoms with Crippen molar-refractivity contribution in [2.45, 2.75) is 6.29 Å². The van der Waals surface area contributed by atoms with E-state index < -0.39 is 6.29 Å². The molecule has 1 aliphatic rings. The second-order valence-corrected chi connectivity index (χ2v) is 3.94. The van der Waals surface area contributed by atoms with Gasteiger partial charge >= 0.3 is 0 Å². The summed E-state index contributed by atoms with van der Waals surface area (Å²) in [5, 5.41) is 9.62. The van der Waals surface area contributed by atoms with Crippen molar-refractivity contribution in [3.05, 3.63) is 22.2 Å². The van der Waals surface area contributed by atoms with Crippen LogP contribution in [0, 0.1) is 0 Å². The molecule has 0 radical (unpaired) electrons. The number of hydrogen-bond donors (Lipinski definition) is 1. The molecule has 5 heteroatoms. The van der Waals surface area contributed by atoms with Crippen LogP contribution in [-0.4, -0.2) is 25.4 Å². The molecule has 0 spiro atoms. The standard InChI is InChI=1S/C10H11BrO4/c1-13-9-7(12)3-2-6(11)8(9)10-14-4-5-15-10/h2-3,10,12H,4-5H2,1H3. The van der Waals surface area contributed by atoms with Gasteiger partial charge in [-0.1, -0.05) is 15.9 Å². The highest BCUT2D eigenvalue weighted by atomic mass is 79.9. The summed E-state index contributed by atoms with van der Waals surface area (Å²) in [6.45, 7) is 1.10. The smallest absolute Gasteiger partial charge is 0.188 e. The van der Waals surface area contributed by atoms with Gasteiger partial charge in [0.1, 0.15) is 0 Å². The van der Waals surface area contributed by atoms with Crippen molar-refractivity contribution in [3.8, 4) is 11.5 Å². The van der Waals surface area contributed by atoms with Crippen LogP contribution >= 0.6 is 15.9 Å². The summed E-state index contributed by atoms with van der Waals surface area (Å²) in [4.78, 5) is 0. The van der Waals surface area contributed by atoms with Gasteiger partial charge in [-0.3, -0.25) is 0 Å². The molecule has 0 unspecified atom stereocenters. The lowest BCUT2D eigenvalue weighted by atomic mass is 10.2. The predicted octanol–water partition coefficient (Wildman–Crippen LogP) is 2.21. The van der Waals surface area contributed by atoms with Gasteiger partial charge in [-0.25, -0.2) is 0 Å². The van der Waals surface area contributed by atoms with Gasteiger partial charge in [-0.2, -0.15) is 0 Å². The summed E-state index contributed by atoms with van der Waals surface area (Å²) in [7, 11) is 1.50. The van der Waals surface area contributed by atoms with Gasteiger partial charge in [0.05, 0.1) is 25.9 Å². The van der Waals surface area contributed by atoms with E-state index in [2.05, 4.69) is 15.9 Å². The summed E-state index contributed by atoms with van der Waals surface area (Å²) in [6.07, 6.45) is -0.471. The predicted molar refractivity (Wildman–Crippen MR) is 57.0 cm³/mol. The van der Waals surface area contributed by atoms with Crippen molar-refractivity contribution in [3.63, 3.8) is 0 Å². The van der Waals surface area contributed by atoms with E-state index in [1.165, 1.54) is 7.11 Å². The lowest BCUT2D eigenvalue weighted by Gasteiger charge is -2.16. The van der Waals surface area contributed by atoms with Crippen molar-refractivity contribution in [2.75, 3.05) is 20.3 Å². The molecule has 4 nitrogen and oxygen atoms in total. The lowest BCUT2D eigenvalue weighted by molar-refractivity contribution is -0.0462. The first-order chi connectivity index (χ1) is 7.24.